The van der Waals surface area contributed by atoms with Crippen LogP contribution in [0.15, 0.2) is 72.8 Å². The van der Waals surface area contributed by atoms with Crippen molar-refractivity contribution in [3.05, 3.63) is 106 Å². The largest absolute Gasteiger partial charge is 0.478 e. The molecule has 0 spiro atoms. The lowest BCUT2D eigenvalue weighted by atomic mass is 9.83. The Morgan fingerprint density at radius 3 is 0.940 bits per heavy atom. The summed E-state index contributed by atoms with van der Waals surface area (Å²) in [7, 11) is 0. The second-order valence-corrected chi connectivity index (χ2v) is 11.1. The molecule has 1 saturated carbocycles. The Labute approximate surface area is 288 Å². The Hall–Kier alpha value is -5.60. The minimum atomic E-state index is -1.05. The summed E-state index contributed by atoms with van der Waals surface area (Å²) >= 11 is 0. The lowest BCUT2D eigenvalue weighted by molar-refractivity contribution is 0.0297. The molecule has 0 atom stereocenters. The SMILES string of the molecule is O=C(O)c1ccc(C(=O)OCC2CCC(COC(=O)c3ccc(C(=O)OCCO)cc3)CC2)cc1.O=C(O)c1ccc(C(=O)OCCO)cc1.[HH]. The molecule has 0 saturated heterocycles. The summed E-state index contributed by atoms with van der Waals surface area (Å²) in [6.07, 6.45) is 3.38. The molecular formula is C36H40O14. The molecule has 268 valence electrons. The minimum Gasteiger partial charge on any atom is -0.478 e. The average Bonchev–Trinajstić information content (AvgIpc) is 3.14. The molecule has 3 aromatic rings. The van der Waals surface area contributed by atoms with E-state index in [-0.39, 0.29) is 61.9 Å². The van der Waals surface area contributed by atoms with Gasteiger partial charge in [0, 0.05) is 1.43 Å². The van der Waals surface area contributed by atoms with Crippen molar-refractivity contribution in [2.24, 2.45) is 11.8 Å². The van der Waals surface area contributed by atoms with E-state index >= 15 is 0 Å². The van der Waals surface area contributed by atoms with Crippen LogP contribution in [0, 0.1) is 11.8 Å². The molecule has 3 aromatic carbocycles. The summed E-state index contributed by atoms with van der Waals surface area (Å²) in [5.74, 6) is -3.76. The monoisotopic (exact) mass is 696 g/mol. The summed E-state index contributed by atoms with van der Waals surface area (Å²) in [4.78, 5) is 68.8. The van der Waals surface area contributed by atoms with Gasteiger partial charge < -0.3 is 39.4 Å². The Balaban J connectivity index is 0.000000473. The number of hydrogen-bond acceptors (Lipinski definition) is 12. The van der Waals surface area contributed by atoms with Crippen molar-refractivity contribution in [2.45, 2.75) is 25.7 Å². The van der Waals surface area contributed by atoms with Gasteiger partial charge >= 0.3 is 35.8 Å². The van der Waals surface area contributed by atoms with E-state index in [1.807, 2.05) is 0 Å². The van der Waals surface area contributed by atoms with Crippen LogP contribution in [0.1, 0.15) is 89.3 Å². The highest BCUT2D eigenvalue weighted by molar-refractivity contribution is 5.94. The van der Waals surface area contributed by atoms with Gasteiger partial charge in [-0.15, -0.1) is 0 Å². The highest BCUT2D eigenvalue weighted by Crippen LogP contribution is 2.29. The van der Waals surface area contributed by atoms with Crippen molar-refractivity contribution < 1.29 is 69.6 Å². The maximum Gasteiger partial charge on any atom is 0.338 e. The average molecular weight is 697 g/mol. The molecule has 1 fully saturated rings. The Morgan fingerprint density at radius 1 is 0.460 bits per heavy atom. The number of carbonyl (C=O) groups excluding carboxylic acids is 4. The standard InChI is InChI=1S/C26H28O9.C10H10O5.H2/c27-13-14-33-24(30)20-9-11-22(12-10-20)26(32)35-16-18-3-1-17(2-4-18)15-34-25(31)21-7-5-19(6-8-21)23(28)29;11-5-6-15-10(14)8-3-1-7(2-4-8)9(12)13;/h5-12,17-18,27H,1-4,13-16H2,(H,28,29);1-4,11H,5-6H2,(H,12,13);1H. The van der Waals surface area contributed by atoms with Gasteiger partial charge in [-0.25, -0.2) is 28.8 Å². The molecule has 0 aliphatic heterocycles. The van der Waals surface area contributed by atoms with Crippen LogP contribution in [-0.2, 0) is 18.9 Å². The maximum atomic E-state index is 12.3. The molecular weight excluding hydrogens is 656 g/mol. The molecule has 14 nitrogen and oxygen atoms in total. The van der Waals surface area contributed by atoms with Gasteiger partial charge in [-0.05, 0) is 110 Å². The number of carbonyl (C=O) groups is 6. The maximum absolute atomic E-state index is 12.3. The van der Waals surface area contributed by atoms with E-state index in [9.17, 15) is 28.8 Å². The summed E-state index contributed by atoms with van der Waals surface area (Å²) in [5.41, 5.74) is 1.40. The third kappa shape index (κ3) is 12.5. The molecule has 0 radical (unpaired) electrons. The molecule has 0 aromatic heterocycles. The quantitative estimate of drug-likeness (QED) is 0.138. The number of benzene rings is 3. The molecule has 4 N–H and O–H groups in total. The van der Waals surface area contributed by atoms with Crippen molar-refractivity contribution in [2.75, 3.05) is 39.6 Å². The molecule has 0 bridgehead atoms. The van der Waals surface area contributed by atoms with Gasteiger partial charge in [0.15, 0.2) is 0 Å². The normalized spacial score (nSPS) is 15.0. The number of carboxylic acids is 2. The highest BCUT2D eigenvalue weighted by atomic mass is 16.5. The Morgan fingerprint density at radius 2 is 0.700 bits per heavy atom. The fraction of sp³-hybridized carbons (Fsp3) is 0.333. The Kier molecular flexibility index (Phi) is 15.6. The minimum absolute atomic E-state index is 0. The second-order valence-electron chi connectivity index (χ2n) is 11.1. The first-order valence-electron chi connectivity index (χ1n) is 15.7. The number of esters is 4. The van der Waals surface area contributed by atoms with Gasteiger partial charge in [0.1, 0.15) is 13.2 Å². The number of aliphatic hydroxyl groups is 2. The van der Waals surface area contributed by atoms with Crippen LogP contribution in [0.4, 0.5) is 0 Å². The van der Waals surface area contributed by atoms with E-state index in [4.69, 9.17) is 34.6 Å². The van der Waals surface area contributed by atoms with Crippen molar-refractivity contribution in [3.63, 3.8) is 0 Å². The third-order valence-corrected chi connectivity index (χ3v) is 7.61. The topological polar surface area (TPSA) is 220 Å². The van der Waals surface area contributed by atoms with Gasteiger partial charge in [0.05, 0.1) is 59.8 Å². The van der Waals surface area contributed by atoms with E-state index in [0.717, 1.165) is 25.7 Å². The van der Waals surface area contributed by atoms with Gasteiger partial charge in [-0.2, -0.15) is 0 Å². The first-order chi connectivity index (χ1) is 24.0. The summed E-state index contributed by atoms with van der Waals surface area (Å²) in [6.45, 7) is -0.0669. The molecule has 0 heterocycles. The summed E-state index contributed by atoms with van der Waals surface area (Å²) in [6, 6.07) is 16.9. The van der Waals surface area contributed by atoms with Gasteiger partial charge in [0.25, 0.3) is 0 Å². The molecule has 1 aliphatic rings. The number of aliphatic hydroxyl groups excluding tert-OH is 2. The fourth-order valence-electron chi connectivity index (χ4n) is 4.80. The van der Waals surface area contributed by atoms with E-state index < -0.39 is 35.8 Å². The van der Waals surface area contributed by atoms with Gasteiger partial charge in [-0.3, -0.25) is 0 Å². The number of hydrogen-bond donors (Lipinski definition) is 4. The first-order valence-corrected chi connectivity index (χ1v) is 15.7. The molecule has 14 heteroatoms. The number of aromatic carboxylic acids is 2. The molecule has 50 heavy (non-hydrogen) atoms. The van der Waals surface area contributed by atoms with Crippen LogP contribution in [0.2, 0.25) is 0 Å². The van der Waals surface area contributed by atoms with Crippen LogP contribution >= 0.6 is 0 Å². The zero-order chi connectivity index (χ0) is 36.5. The predicted octanol–water partition coefficient (Wildman–Crippen LogP) is 4.13. The van der Waals surface area contributed by atoms with E-state index in [1.54, 1.807) is 0 Å². The van der Waals surface area contributed by atoms with E-state index in [2.05, 4.69) is 4.74 Å². The van der Waals surface area contributed by atoms with Crippen molar-refractivity contribution >= 4 is 35.8 Å². The highest BCUT2D eigenvalue weighted by Gasteiger charge is 2.24. The third-order valence-electron chi connectivity index (χ3n) is 7.61. The van der Waals surface area contributed by atoms with Crippen LogP contribution in [0.3, 0.4) is 0 Å². The van der Waals surface area contributed by atoms with Gasteiger partial charge in [0.2, 0.25) is 0 Å². The molecule has 0 amide bonds. The van der Waals surface area contributed by atoms with E-state index in [0.29, 0.717) is 24.3 Å². The van der Waals surface area contributed by atoms with Crippen LogP contribution < -0.4 is 0 Å². The summed E-state index contributed by atoms with van der Waals surface area (Å²) in [5, 5.41) is 34.7. The molecule has 0 unspecified atom stereocenters. The molecule has 4 rings (SSSR count). The van der Waals surface area contributed by atoms with E-state index in [1.165, 1.54) is 72.8 Å². The number of ether oxygens (including phenoxy) is 4. The van der Waals surface area contributed by atoms with Crippen LogP contribution in [0.5, 0.6) is 0 Å². The van der Waals surface area contributed by atoms with Crippen molar-refractivity contribution in [1.29, 1.82) is 0 Å². The lowest BCUT2D eigenvalue weighted by Gasteiger charge is -2.27. The zero-order valence-electron chi connectivity index (χ0n) is 27.0. The second kappa shape index (κ2) is 20.0. The fourth-order valence-corrected chi connectivity index (χ4v) is 4.80. The van der Waals surface area contributed by atoms with Crippen LogP contribution in [0.25, 0.3) is 0 Å². The van der Waals surface area contributed by atoms with Crippen LogP contribution in [-0.4, -0.2) is 95.9 Å². The summed E-state index contributed by atoms with van der Waals surface area (Å²) < 4.78 is 20.3. The van der Waals surface area contributed by atoms with Gasteiger partial charge in [-0.1, -0.05) is 0 Å². The molecule has 1 aliphatic carbocycles. The lowest BCUT2D eigenvalue weighted by Crippen LogP contribution is -2.24. The zero-order valence-corrected chi connectivity index (χ0v) is 27.0. The number of carboxylic acid groups (broad SMARTS) is 2. The first kappa shape index (κ1) is 38.8. The Bertz CT molecular complexity index is 1600. The predicted molar refractivity (Wildman–Crippen MR) is 176 cm³/mol. The van der Waals surface area contributed by atoms with Crippen molar-refractivity contribution in [1.82, 2.24) is 0 Å². The van der Waals surface area contributed by atoms with Crippen molar-refractivity contribution in [3.8, 4) is 0 Å². The number of rotatable bonds is 14. The smallest absolute Gasteiger partial charge is 0.338 e.